The van der Waals surface area contributed by atoms with Crippen molar-refractivity contribution in [2.75, 3.05) is 0 Å². The number of hydrogen-bond donors (Lipinski definition) is 0. The molecule has 0 aromatic heterocycles. The third-order valence-corrected chi connectivity index (χ3v) is 2.14. The van der Waals surface area contributed by atoms with Crippen molar-refractivity contribution >= 4 is 0 Å². The zero-order valence-electron chi connectivity index (χ0n) is 6.59. The first-order chi connectivity index (χ1) is 5.47. The standard InChI is InChI=1S/C11H12/c1-2-6-10(7-3-1)11-8-4-5-9-11/h2,4-8H,1,3,9H2. The Hall–Kier alpha value is -1.04. The number of allylic oxidation sites excluding steroid dienone is 8. The average molecular weight is 144 g/mol. The van der Waals surface area contributed by atoms with Crippen LogP contribution < -0.4 is 0 Å². The Morgan fingerprint density at radius 2 is 2.09 bits per heavy atom. The zero-order chi connectivity index (χ0) is 7.52. The van der Waals surface area contributed by atoms with E-state index in [9.17, 15) is 0 Å². The summed E-state index contributed by atoms with van der Waals surface area (Å²) < 4.78 is 0. The highest BCUT2D eigenvalue weighted by Gasteiger charge is 2.04. The fourth-order valence-corrected chi connectivity index (χ4v) is 1.51. The van der Waals surface area contributed by atoms with Gasteiger partial charge in [-0.1, -0.05) is 36.5 Å². The average Bonchev–Trinajstić information content (AvgIpc) is 2.58. The maximum Gasteiger partial charge on any atom is -0.00885 e. The van der Waals surface area contributed by atoms with Gasteiger partial charge < -0.3 is 0 Å². The molecule has 0 amide bonds. The van der Waals surface area contributed by atoms with Crippen LogP contribution in [0.25, 0.3) is 0 Å². The van der Waals surface area contributed by atoms with Crippen molar-refractivity contribution in [1.82, 2.24) is 0 Å². The molecular weight excluding hydrogens is 132 g/mol. The zero-order valence-corrected chi connectivity index (χ0v) is 6.59. The Morgan fingerprint density at radius 3 is 2.73 bits per heavy atom. The number of rotatable bonds is 1. The molecule has 0 saturated heterocycles. The van der Waals surface area contributed by atoms with Crippen LogP contribution >= 0.6 is 0 Å². The Labute approximate surface area is 67.6 Å². The molecule has 0 fully saturated rings. The molecule has 56 valence electrons. The van der Waals surface area contributed by atoms with Gasteiger partial charge in [0, 0.05) is 0 Å². The summed E-state index contributed by atoms with van der Waals surface area (Å²) in [6.07, 6.45) is 16.9. The van der Waals surface area contributed by atoms with Crippen molar-refractivity contribution in [3.8, 4) is 0 Å². The van der Waals surface area contributed by atoms with E-state index in [4.69, 9.17) is 0 Å². The molecule has 0 bridgehead atoms. The summed E-state index contributed by atoms with van der Waals surface area (Å²) >= 11 is 0. The third-order valence-electron chi connectivity index (χ3n) is 2.14. The van der Waals surface area contributed by atoms with Crippen LogP contribution in [0, 0.1) is 0 Å². The minimum atomic E-state index is 1.12. The van der Waals surface area contributed by atoms with Crippen LogP contribution in [0.5, 0.6) is 0 Å². The Kier molecular flexibility index (Phi) is 1.76. The van der Waals surface area contributed by atoms with Gasteiger partial charge in [-0.25, -0.2) is 0 Å². The lowest BCUT2D eigenvalue weighted by molar-refractivity contribution is 1.01. The summed E-state index contributed by atoms with van der Waals surface area (Å²) in [5.41, 5.74) is 2.90. The monoisotopic (exact) mass is 144 g/mol. The van der Waals surface area contributed by atoms with Crippen LogP contribution in [0.1, 0.15) is 19.3 Å². The van der Waals surface area contributed by atoms with E-state index in [1.165, 1.54) is 24.0 Å². The minimum Gasteiger partial charge on any atom is -0.0836 e. The van der Waals surface area contributed by atoms with E-state index in [0.717, 1.165) is 6.42 Å². The van der Waals surface area contributed by atoms with Gasteiger partial charge in [0.2, 0.25) is 0 Å². The lowest BCUT2D eigenvalue weighted by Gasteiger charge is -2.06. The van der Waals surface area contributed by atoms with Crippen LogP contribution in [0.3, 0.4) is 0 Å². The van der Waals surface area contributed by atoms with E-state index in [1.807, 2.05) is 0 Å². The first-order valence-electron chi connectivity index (χ1n) is 4.19. The third kappa shape index (κ3) is 1.35. The van der Waals surface area contributed by atoms with Crippen LogP contribution in [0.15, 0.2) is 47.6 Å². The maximum absolute atomic E-state index is 2.33. The fourth-order valence-electron chi connectivity index (χ4n) is 1.51. The van der Waals surface area contributed by atoms with Gasteiger partial charge in [-0.15, -0.1) is 0 Å². The van der Waals surface area contributed by atoms with E-state index in [-0.39, 0.29) is 0 Å². The molecule has 0 heterocycles. The Balaban J connectivity index is 2.16. The van der Waals surface area contributed by atoms with Gasteiger partial charge in [-0.05, 0) is 30.4 Å². The smallest absolute Gasteiger partial charge is 0.00885 e. The summed E-state index contributed by atoms with van der Waals surface area (Å²) in [7, 11) is 0. The van der Waals surface area contributed by atoms with Gasteiger partial charge in [0.05, 0.1) is 0 Å². The summed E-state index contributed by atoms with van der Waals surface area (Å²) in [5.74, 6) is 0. The molecule has 0 unspecified atom stereocenters. The molecule has 0 atom stereocenters. The molecule has 2 rings (SSSR count). The summed E-state index contributed by atoms with van der Waals surface area (Å²) in [5, 5.41) is 0. The molecule has 0 saturated carbocycles. The van der Waals surface area contributed by atoms with Crippen molar-refractivity contribution in [2.24, 2.45) is 0 Å². The Morgan fingerprint density at radius 1 is 1.09 bits per heavy atom. The van der Waals surface area contributed by atoms with Crippen LogP contribution in [0.4, 0.5) is 0 Å². The van der Waals surface area contributed by atoms with Gasteiger partial charge >= 0.3 is 0 Å². The van der Waals surface area contributed by atoms with E-state index in [0.29, 0.717) is 0 Å². The van der Waals surface area contributed by atoms with Crippen molar-refractivity contribution < 1.29 is 0 Å². The van der Waals surface area contributed by atoms with Crippen molar-refractivity contribution in [1.29, 1.82) is 0 Å². The quantitative estimate of drug-likeness (QED) is 0.530. The predicted octanol–water partition coefficient (Wildman–Crippen LogP) is 3.15. The maximum atomic E-state index is 2.33. The molecule has 0 aliphatic heterocycles. The first kappa shape index (κ1) is 6.66. The SMILES string of the molecule is C1=CCC(C2=CCCC=C2)=C1. The first-order valence-corrected chi connectivity index (χ1v) is 4.19. The molecule has 2 aliphatic carbocycles. The highest BCUT2D eigenvalue weighted by atomic mass is 14.1. The molecular formula is C11H12. The lowest BCUT2D eigenvalue weighted by atomic mass is 9.99. The second-order valence-corrected chi connectivity index (χ2v) is 2.96. The van der Waals surface area contributed by atoms with Crippen molar-refractivity contribution in [3.63, 3.8) is 0 Å². The Bertz CT molecular complexity index is 262. The van der Waals surface area contributed by atoms with Gasteiger partial charge in [0.1, 0.15) is 0 Å². The molecule has 0 heteroatoms. The lowest BCUT2D eigenvalue weighted by Crippen LogP contribution is -1.87. The molecule has 0 aromatic rings. The fraction of sp³-hybridized carbons (Fsp3) is 0.273. The highest BCUT2D eigenvalue weighted by molar-refractivity contribution is 5.46. The molecule has 2 aliphatic rings. The second-order valence-electron chi connectivity index (χ2n) is 2.96. The van der Waals surface area contributed by atoms with Gasteiger partial charge in [-0.3, -0.25) is 0 Å². The van der Waals surface area contributed by atoms with Gasteiger partial charge in [0.15, 0.2) is 0 Å². The molecule has 11 heavy (non-hydrogen) atoms. The second kappa shape index (κ2) is 2.91. The molecule has 0 N–H and O–H groups in total. The van der Waals surface area contributed by atoms with Crippen LogP contribution in [-0.2, 0) is 0 Å². The molecule has 0 spiro atoms. The number of hydrogen-bond acceptors (Lipinski definition) is 0. The summed E-state index contributed by atoms with van der Waals surface area (Å²) in [6.45, 7) is 0. The van der Waals surface area contributed by atoms with Gasteiger partial charge in [0.25, 0.3) is 0 Å². The van der Waals surface area contributed by atoms with Crippen LogP contribution in [-0.4, -0.2) is 0 Å². The van der Waals surface area contributed by atoms with E-state index in [1.54, 1.807) is 0 Å². The van der Waals surface area contributed by atoms with E-state index < -0.39 is 0 Å². The van der Waals surface area contributed by atoms with Crippen LogP contribution in [0.2, 0.25) is 0 Å². The predicted molar refractivity (Wildman–Crippen MR) is 48.3 cm³/mol. The summed E-state index contributed by atoms with van der Waals surface area (Å²) in [6, 6.07) is 0. The molecule has 0 nitrogen and oxygen atoms in total. The van der Waals surface area contributed by atoms with Gasteiger partial charge in [-0.2, -0.15) is 0 Å². The van der Waals surface area contributed by atoms with Crippen molar-refractivity contribution in [3.05, 3.63) is 47.6 Å². The molecule has 0 radical (unpaired) electrons. The largest absolute Gasteiger partial charge is 0.0836 e. The summed E-state index contributed by atoms with van der Waals surface area (Å²) in [4.78, 5) is 0. The topological polar surface area (TPSA) is 0 Å². The molecule has 0 aromatic carbocycles. The van der Waals surface area contributed by atoms with E-state index in [2.05, 4.69) is 36.5 Å². The van der Waals surface area contributed by atoms with E-state index >= 15 is 0 Å². The minimum absolute atomic E-state index is 1.12. The van der Waals surface area contributed by atoms with Crippen molar-refractivity contribution in [2.45, 2.75) is 19.3 Å². The highest BCUT2D eigenvalue weighted by Crippen LogP contribution is 2.23. The normalized spacial score (nSPS) is 21.8.